The highest BCUT2D eigenvalue weighted by Gasteiger charge is 2.32. The molecule has 4 nitrogen and oxygen atoms in total. The number of ether oxygens (including phenoxy) is 1. The van der Waals surface area contributed by atoms with Crippen LogP contribution < -0.4 is 4.72 Å². The molecule has 0 bridgehead atoms. The van der Waals surface area contributed by atoms with Crippen molar-refractivity contribution in [2.75, 3.05) is 13.2 Å². The smallest absolute Gasteiger partial charge is 0.214 e. The molecule has 1 heterocycles. The van der Waals surface area contributed by atoms with E-state index in [1.807, 2.05) is 0 Å². The molecule has 2 atom stereocenters. The lowest BCUT2D eigenvalue weighted by molar-refractivity contribution is 0.0981. The number of nitrogens with one attached hydrogen (secondary N) is 1. The predicted octanol–water partition coefficient (Wildman–Crippen LogP) is 1.27. The maximum Gasteiger partial charge on any atom is 0.214 e. The molecular weight excluding hydrogens is 226 g/mol. The number of rotatable bonds is 3. The van der Waals surface area contributed by atoms with Crippen LogP contribution in [0.4, 0.5) is 0 Å². The van der Waals surface area contributed by atoms with E-state index >= 15 is 0 Å². The maximum absolute atomic E-state index is 12.1. The van der Waals surface area contributed by atoms with Gasteiger partial charge < -0.3 is 4.74 Å². The summed E-state index contributed by atoms with van der Waals surface area (Å²) in [6.07, 6.45) is 4.39. The quantitative estimate of drug-likeness (QED) is 0.817. The van der Waals surface area contributed by atoms with E-state index in [-0.39, 0.29) is 11.3 Å². The topological polar surface area (TPSA) is 55.4 Å². The highest BCUT2D eigenvalue weighted by atomic mass is 32.2. The van der Waals surface area contributed by atoms with Gasteiger partial charge >= 0.3 is 0 Å². The van der Waals surface area contributed by atoms with Crippen molar-refractivity contribution in [1.82, 2.24) is 4.72 Å². The summed E-state index contributed by atoms with van der Waals surface area (Å²) in [7, 11) is -3.12. The third kappa shape index (κ3) is 2.96. The second kappa shape index (κ2) is 5.02. The van der Waals surface area contributed by atoms with Gasteiger partial charge in [0.2, 0.25) is 10.0 Å². The minimum atomic E-state index is -3.12. The van der Waals surface area contributed by atoms with Crippen molar-refractivity contribution in [3.63, 3.8) is 0 Å². The predicted molar refractivity (Wildman–Crippen MR) is 62.7 cm³/mol. The first-order chi connectivity index (χ1) is 7.58. The van der Waals surface area contributed by atoms with Crippen LogP contribution in [0.2, 0.25) is 0 Å². The van der Waals surface area contributed by atoms with Gasteiger partial charge in [-0.15, -0.1) is 0 Å². The first kappa shape index (κ1) is 12.3. The molecule has 0 spiro atoms. The van der Waals surface area contributed by atoms with Crippen LogP contribution in [-0.4, -0.2) is 32.9 Å². The Bertz CT molecular complexity index is 322. The van der Waals surface area contributed by atoms with Gasteiger partial charge in [0.05, 0.1) is 5.25 Å². The molecule has 2 rings (SSSR count). The summed E-state index contributed by atoms with van der Waals surface area (Å²) < 4.78 is 32.2. The summed E-state index contributed by atoms with van der Waals surface area (Å²) >= 11 is 0. The van der Waals surface area contributed by atoms with E-state index in [0.717, 1.165) is 19.3 Å². The third-order valence-electron chi connectivity index (χ3n) is 3.63. The molecule has 1 saturated heterocycles. The molecule has 1 aliphatic carbocycles. The van der Waals surface area contributed by atoms with Crippen LogP contribution in [0.1, 0.15) is 39.0 Å². The number of hydrogen-bond donors (Lipinski definition) is 1. The second-order valence-electron chi connectivity index (χ2n) is 5.09. The van der Waals surface area contributed by atoms with E-state index in [1.54, 1.807) is 0 Å². The van der Waals surface area contributed by atoms with Crippen LogP contribution in [0, 0.1) is 5.92 Å². The molecule has 1 aliphatic heterocycles. The Morgan fingerprint density at radius 2 is 1.81 bits per heavy atom. The van der Waals surface area contributed by atoms with E-state index in [0.29, 0.717) is 32.0 Å². The monoisotopic (exact) mass is 247 g/mol. The highest BCUT2D eigenvalue weighted by molar-refractivity contribution is 7.90. The summed E-state index contributed by atoms with van der Waals surface area (Å²) in [6, 6.07) is 0.169. The average molecular weight is 247 g/mol. The van der Waals surface area contributed by atoms with Crippen LogP contribution in [-0.2, 0) is 14.8 Å². The fourth-order valence-electron chi connectivity index (χ4n) is 2.63. The molecule has 1 N–H and O–H groups in total. The molecule has 0 aromatic heterocycles. The summed E-state index contributed by atoms with van der Waals surface area (Å²) in [6.45, 7) is 3.34. The van der Waals surface area contributed by atoms with E-state index in [4.69, 9.17) is 4.74 Å². The molecule has 94 valence electrons. The fraction of sp³-hybridized carbons (Fsp3) is 1.00. The van der Waals surface area contributed by atoms with Gasteiger partial charge in [-0.05, 0) is 38.0 Å². The van der Waals surface area contributed by atoms with E-state index < -0.39 is 10.0 Å². The van der Waals surface area contributed by atoms with Crippen LogP contribution in [0.5, 0.6) is 0 Å². The van der Waals surface area contributed by atoms with Gasteiger partial charge in [-0.25, -0.2) is 13.1 Å². The molecule has 2 fully saturated rings. The zero-order valence-electron chi connectivity index (χ0n) is 9.81. The average Bonchev–Trinajstić information content (AvgIpc) is 2.64. The van der Waals surface area contributed by atoms with Gasteiger partial charge in [-0.3, -0.25) is 0 Å². The van der Waals surface area contributed by atoms with Crippen molar-refractivity contribution >= 4 is 10.0 Å². The van der Waals surface area contributed by atoms with Gasteiger partial charge in [0.1, 0.15) is 0 Å². The first-order valence-electron chi connectivity index (χ1n) is 6.17. The normalized spacial score (nSPS) is 33.1. The molecule has 2 aliphatic rings. The Labute approximate surface area is 97.8 Å². The molecule has 0 aromatic rings. The van der Waals surface area contributed by atoms with Crippen LogP contribution in [0.25, 0.3) is 0 Å². The Morgan fingerprint density at radius 3 is 2.38 bits per heavy atom. The minimum Gasteiger partial charge on any atom is -0.381 e. The summed E-state index contributed by atoms with van der Waals surface area (Å²) in [4.78, 5) is 0. The van der Waals surface area contributed by atoms with Gasteiger partial charge in [0.15, 0.2) is 0 Å². The van der Waals surface area contributed by atoms with Gasteiger partial charge in [0, 0.05) is 19.3 Å². The largest absolute Gasteiger partial charge is 0.381 e. The lowest BCUT2D eigenvalue weighted by Crippen LogP contribution is -2.42. The zero-order chi connectivity index (χ0) is 11.6. The van der Waals surface area contributed by atoms with Crippen molar-refractivity contribution in [2.45, 2.75) is 50.3 Å². The number of sulfonamides is 1. The van der Waals surface area contributed by atoms with Crippen molar-refractivity contribution in [2.24, 2.45) is 5.92 Å². The molecule has 0 radical (unpaired) electrons. The third-order valence-corrected chi connectivity index (χ3v) is 5.64. The SMILES string of the molecule is CC1CCC(NS(=O)(=O)C2CCOCC2)C1. The Hall–Kier alpha value is -0.130. The van der Waals surface area contributed by atoms with Crippen molar-refractivity contribution < 1.29 is 13.2 Å². The fourth-order valence-corrected chi connectivity index (χ4v) is 4.31. The lowest BCUT2D eigenvalue weighted by atomic mass is 10.1. The minimum absolute atomic E-state index is 0.169. The summed E-state index contributed by atoms with van der Waals surface area (Å²) in [5, 5.41) is -0.239. The van der Waals surface area contributed by atoms with Gasteiger partial charge in [-0.1, -0.05) is 6.92 Å². The lowest BCUT2D eigenvalue weighted by Gasteiger charge is -2.24. The molecular formula is C11H21NO3S. The summed E-state index contributed by atoms with van der Waals surface area (Å²) in [5.74, 6) is 0.655. The standard InChI is InChI=1S/C11H21NO3S/c1-9-2-3-10(8-9)12-16(13,14)11-4-6-15-7-5-11/h9-12H,2-8H2,1H3. The molecule has 1 saturated carbocycles. The van der Waals surface area contributed by atoms with E-state index in [2.05, 4.69) is 11.6 Å². The van der Waals surface area contributed by atoms with Crippen molar-refractivity contribution in [3.8, 4) is 0 Å². The molecule has 0 amide bonds. The Morgan fingerprint density at radius 1 is 1.12 bits per heavy atom. The first-order valence-corrected chi connectivity index (χ1v) is 7.71. The number of hydrogen-bond acceptors (Lipinski definition) is 3. The van der Waals surface area contributed by atoms with Crippen LogP contribution >= 0.6 is 0 Å². The van der Waals surface area contributed by atoms with Crippen molar-refractivity contribution in [1.29, 1.82) is 0 Å². The Kier molecular flexibility index (Phi) is 3.87. The van der Waals surface area contributed by atoms with E-state index in [1.165, 1.54) is 0 Å². The van der Waals surface area contributed by atoms with Crippen LogP contribution in [0.3, 0.4) is 0 Å². The van der Waals surface area contributed by atoms with E-state index in [9.17, 15) is 8.42 Å². The summed E-state index contributed by atoms with van der Waals surface area (Å²) in [5.41, 5.74) is 0. The van der Waals surface area contributed by atoms with Gasteiger partial charge in [0.25, 0.3) is 0 Å². The zero-order valence-corrected chi connectivity index (χ0v) is 10.6. The second-order valence-corrected chi connectivity index (χ2v) is 7.08. The maximum atomic E-state index is 12.1. The molecule has 5 heteroatoms. The molecule has 0 aromatic carbocycles. The van der Waals surface area contributed by atoms with Crippen LogP contribution in [0.15, 0.2) is 0 Å². The molecule has 2 unspecified atom stereocenters. The highest BCUT2D eigenvalue weighted by Crippen LogP contribution is 2.26. The van der Waals surface area contributed by atoms with Gasteiger partial charge in [-0.2, -0.15) is 0 Å². The molecule has 16 heavy (non-hydrogen) atoms. The van der Waals surface area contributed by atoms with Crippen molar-refractivity contribution in [3.05, 3.63) is 0 Å². The Balaban J connectivity index is 1.91.